The van der Waals surface area contributed by atoms with Crippen LogP contribution < -0.4 is 9.47 Å². The van der Waals surface area contributed by atoms with E-state index in [1.807, 2.05) is 66.7 Å². The SMILES string of the molecule is COc1ccc([C@H](C[N+](=O)[O-])c2c(-c3ccccc3)[nH]c3ccccc23)cc1OC. The van der Waals surface area contributed by atoms with Gasteiger partial charge in [0.05, 0.1) is 25.8 Å². The van der Waals surface area contributed by atoms with Gasteiger partial charge in [-0.2, -0.15) is 0 Å². The van der Waals surface area contributed by atoms with Crippen LogP contribution in [0.15, 0.2) is 72.8 Å². The first-order chi connectivity index (χ1) is 14.6. The molecule has 0 saturated heterocycles. The van der Waals surface area contributed by atoms with E-state index in [0.717, 1.165) is 33.3 Å². The van der Waals surface area contributed by atoms with Gasteiger partial charge in [0.2, 0.25) is 6.54 Å². The maximum atomic E-state index is 11.7. The lowest BCUT2D eigenvalue weighted by molar-refractivity contribution is -0.481. The molecule has 1 N–H and O–H groups in total. The molecule has 0 aliphatic carbocycles. The van der Waals surface area contributed by atoms with Crippen molar-refractivity contribution in [2.24, 2.45) is 0 Å². The second kappa shape index (κ2) is 8.29. The molecule has 0 aliphatic rings. The van der Waals surface area contributed by atoms with Gasteiger partial charge < -0.3 is 14.5 Å². The van der Waals surface area contributed by atoms with Crippen LogP contribution in [0.25, 0.3) is 22.2 Å². The van der Waals surface area contributed by atoms with Crippen molar-refractivity contribution in [2.75, 3.05) is 20.8 Å². The smallest absolute Gasteiger partial charge is 0.214 e. The number of hydrogen-bond acceptors (Lipinski definition) is 4. The minimum Gasteiger partial charge on any atom is -0.493 e. The van der Waals surface area contributed by atoms with E-state index < -0.39 is 5.92 Å². The van der Waals surface area contributed by atoms with Crippen molar-refractivity contribution in [3.8, 4) is 22.8 Å². The molecule has 0 unspecified atom stereocenters. The lowest BCUT2D eigenvalue weighted by Gasteiger charge is -2.18. The number of nitro groups is 1. The molecule has 1 atom stereocenters. The third-order valence-electron chi connectivity index (χ3n) is 5.30. The highest BCUT2D eigenvalue weighted by molar-refractivity contribution is 5.92. The van der Waals surface area contributed by atoms with E-state index >= 15 is 0 Å². The van der Waals surface area contributed by atoms with E-state index in [1.54, 1.807) is 20.3 Å². The maximum absolute atomic E-state index is 11.7. The Morgan fingerprint density at radius 2 is 1.63 bits per heavy atom. The summed E-state index contributed by atoms with van der Waals surface area (Å²) in [6, 6.07) is 23.3. The normalized spacial score (nSPS) is 11.9. The summed E-state index contributed by atoms with van der Waals surface area (Å²) in [6.07, 6.45) is 0. The Morgan fingerprint density at radius 1 is 0.933 bits per heavy atom. The van der Waals surface area contributed by atoms with Crippen molar-refractivity contribution in [1.82, 2.24) is 4.98 Å². The van der Waals surface area contributed by atoms with Crippen LogP contribution >= 0.6 is 0 Å². The molecule has 3 aromatic carbocycles. The first kappa shape index (κ1) is 19.5. The average Bonchev–Trinajstić information content (AvgIpc) is 3.17. The van der Waals surface area contributed by atoms with E-state index in [9.17, 15) is 10.1 Å². The van der Waals surface area contributed by atoms with Crippen LogP contribution in [-0.4, -0.2) is 30.7 Å². The first-order valence-electron chi connectivity index (χ1n) is 9.62. The minimum absolute atomic E-state index is 0.239. The molecule has 1 heterocycles. The number of methoxy groups -OCH3 is 2. The van der Waals surface area contributed by atoms with Gasteiger partial charge >= 0.3 is 0 Å². The van der Waals surface area contributed by atoms with E-state index in [0.29, 0.717) is 11.5 Å². The first-order valence-corrected chi connectivity index (χ1v) is 9.62. The molecule has 30 heavy (non-hydrogen) atoms. The van der Waals surface area contributed by atoms with E-state index in [1.165, 1.54) is 0 Å². The van der Waals surface area contributed by atoms with Crippen molar-refractivity contribution in [3.05, 3.63) is 94.0 Å². The van der Waals surface area contributed by atoms with E-state index in [2.05, 4.69) is 4.98 Å². The van der Waals surface area contributed by atoms with Gasteiger partial charge in [-0.3, -0.25) is 10.1 Å². The summed E-state index contributed by atoms with van der Waals surface area (Å²) in [4.78, 5) is 14.9. The van der Waals surface area contributed by atoms with Gasteiger partial charge in [0, 0.05) is 15.8 Å². The summed E-state index contributed by atoms with van der Waals surface area (Å²) in [7, 11) is 3.13. The zero-order valence-electron chi connectivity index (χ0n) is 16.8. The molecule has 0 bridgehead atoms. The van der Waals surface area contributed by atoms with Crippen LogP contribution in [0.2, 0.25) is 0 Å². The molecule has 1 aromatic heterocycles. The predicted molar refractivity (Wildman–Crippen MR) is 117 cm³/mol. The summed E-state index contributed by atoms with van der Waals surface area (Å²) < 4.78 is 10.8. The number of nitrogens with zero attached hydrogens (tertiary/aromatic N) is 1. The molecule has 4 rings (SSSR count). The highest BCUT2D eigenvalue weighted by Crippen LogP contribution is 2.41. The fourth-order valence-electron chi connectivity index (χ4n) is 3.94. The van der Waals surface area contributed by atoms with Gasteiger partial charge in [-0.1, -0.05) is 54.6 Å². The molecule has 4 aromatic rings. The summed E-state index contributed by atoms with van der Waals surface area (Å²) >= 11 is 0. The number of nitrogens with one attached hydrogen (secondary N) is 1. The van der Waals surface area contributed by atoms with Gasteiger partial charge in [-0.15, -0.1) is 0 Å². The average molecular weight is 402 g/mol. The summed E-state index contributed by atoms with van der Waals surface area (Å²) in [5.41, 5.74) is 4.52. The van der Waals surface area contributed by atoms with Crippen LogP contribution in [0.1, 0.15) is 17.0 Å². The third kappa shape index (κ3) is 3.59. The van der Waals surface area contributed by atoms with E-state index in [-0.39, 0.29) is 11.5 Å². The molecular formula is C24H22N2O4. The Bertz CT molecular complexity index is 1180. The van der Waals surface area contributed by atoms with Gasteiger partial charge in [0.25, 0.3) is 0 Å². The fraction of sp³-hybridized carbons (Fsp3) is 0.167. The molecule has 0 saturated carbocycles. The minimum atomic E-state index is -0.467. The second-order valence-corrected chi connectivity index (χ2v) is 7.01. The molecular weight excluding hydrogens is 380 g/mol. The van der Waals surface area contributed by atoms with Crippen molar-refractivity contribution >= 4 is 10.9 Å². The monoisotopic (exact) mass is 402 g/mol. The Labute approximate surface area is 174 Å². The molecule has 0 fully saturated rings. The number of rotatable bonds is 7. The number of aromatic nitrogens is 1. The molecule has 152 valence electrons. The van der Waals surface area contributed by atoms with Crippen LogP contribution in [0.5, 0.6) is 11.5 Å². The molecule has 6 heteroatoms. The van der Waals surface area contributed by atoms with Crippen LogP contribution in [0.3, 0.4) is 0 Å². The Hall–Kier alpha value is -3.80. The summed E-state index contributed by atoms with van der Waals surface area (Å²) in [5, 5.41) is 12.6. The lowest BCUT2D eigenvalue weighted by atomic mass is 9.87. The maximum Gasteiger partial charge on any atom is 0.214 e. The molecule has 0 amide bonds. The number of hydrogen-bond donors (Lipinski definition) is 1. The van der Waals surface area contributed by atoms with Crippen molar-refractivity contribution < 1.29 is 14.4 Å². The van der Waals surface area contributed by atoms with Crippen LogP contribution in [0.4, 0.5) is 0 Å². The standard InChI is InChI=1S/C24H22N2O4/c1-29-21-13-12-17(14-22(21)30-2)19(15-26(27)28)23-18-10-6-7-11-20(18)25-24(23)16-8-4-3-5-9-16/h3-14,19,25H,15H2,1-2H3/t19-/m0/s1. The number of fused-ring (bicyclic) bond motifs is 1. The van der Waals surface area contributed by atoms with Gasteiger partial charge in [0.1, 0.15) is 0 Å². The van der Waals surface area contributed by atoms with Crippen LogP contribution in [0, 0.1) is 10.1 Å². The Kier molecular flexibility index (Phi) is 5.39. The van der Waals surface area contributed by atoms with Crippen molar-refractivity contribution in [3.63, 3.8) is 0 Å². The quantitative estimate of drug-likeness (QED) is 0.338. The molecule has 0 aliphatic heterocycles. The molecule has 6 nitrogen and oxygen atoms in total. The zero-order valence-corrected chi connectivity index (χ0v) is 16.8. The second-order valence-electron chi connectivity index (χ2n) is 7.01. The van der Waals surface area contributed by atoms with Gasteiger partial charge in [0.15, 0.2) is 11.5 Å². The van der Waals surface area contributed by atoms with Gasteiger partial charge in [-0.25, -0.2) is 0 Å². The summed E-state index contributed by atoms with van der Waals surface area (Å²) in [5.74, 6) is 0.666. The number of ether oxygens (including phenoxy) is 2. The Balaban J connectivity index is 1.97. The molecule has 0 radical (unpaired) electrons. The van der Waals surface area contributed by atoms with Crippen molar-refractivity contribution in [2.45, 2.75) is 5.92 Å². The largest absolute Gasteiger partial charge is 0.493 e. The van der Waals surface area contributed by atoms with E-state index in [4.69, 9.17) is 9.47 Å². The number of aromatic amines is 1. The number of para-hydroxylation sites is 1. The highest BCUT2D eigenvalue weighted by Gasteiger charge is 2.28. The van der Waals surface area contributed by atoms with Crippen LogP contribution in [-0.2, 0) is 0 Å². The number of H-pyrrole nitrogens is 1. The Morgan fingerprint density at radius 3 is 2.33 bits per heavy atom. The highest BCUT2D eigenvalue weighted by atomic mass is 16.6. The summed E-state index contributed by atoms with van der Waals surface area (Å²) in [6.45, 7) is -0.239. The van der Waals surface area contributed by atoms with Gasteiger partial charge in [-0.05, 0) is 34.9 Å². The molecule has 0 spiro atoms. The zero-order chi connectivity index (χ0) is 21.1. The fourth-order valence-corrected chi connectivity index (χ4v) is 3.94. The third-order valence-corrected chi connectivity index (χ3v) is 5.30. The van der Waals surface area contributed by atoms with Crippen molar-refractivity contribution in [1.29, 1.82) is 0 Å². The predicted octanol–water partition coefficient (Wildman–Crippen LogP) is 5.26. The number of benzene rings is 3. The lowest BCUT2D eigenvalue weighted by Crippen LogP contribution is -2.15. The topological polar surface area (TPSA) is 77.4 Å².